The summed E-state index contributed by atoms with van der Waals surface area (Å²) in [6.07, 6.45) is 0. The molecule has 2 nitrogen and oxygen atoms in total. The number of nitrogens with one attached hydrogen (secondary N) is 1. The molecule has 0 spiro atoms. The molecule has 2 aliphatic rings. The van der Waals surface area contributed by atoms with Gasteiger partial charge in [0.15, 0.2) is 0 Å². The maximum Gasteiger partial charge on any atom is 0.0134 e. The van der Waals surface area contributed by atoms with Crippen LogP contribution in [0.2, 0.25) is 0 Å². The summed E-state index contributed by atoms with van der Waals surface area (Å²) in [6.45, 7) is 8.52. The summed E-state index contributed by atoms with van der Waals surface area (Å²) in [4.78, 5) is 2.48. The maximum absolute atomic E-state index is 3.65. The van der Waals surface area contributed by atoms with E-state index in [0.29, 0.717) is 0 Å². The van der Waals surface area contributed by atoms with E-state index >= 15 is 0 Å². The van der Waals surface area contributed by atoms with Gasteiger partial charge in [0.2, 0.25) is 0 Å². The Bertz CT molecular complexity index is 167. The van der Waals surface area contributed by atoms with Gasteiger partial charge in [-0.05, 0) is 31.3 Å². The molecule has 3 atom stereocenters. The third-order valence-electron chi connectivity index (χ3n) is 3.47. The first-order valence-corrected chi connectivity index (χ1v) is 5.10. The first-order chi connectivity index (χ1) is 5.68. The number of likely N-dealkylation sites (tertiary alicyclic amines) is 1. The van der Waals surface area contributed by atoms with Crippen LogP contribution in [0, 0.1) is 17.8 Å². The van der Waals surface area contributed by atoms with E-state index in [2.05, 4.69) is 31.1 Å². The second-order valence-electron chi connectivity index (χ2n) is 4.82. The molecule has 0 amide bonds. The molecule has 0 radical (unpaired) electrons. The highest BCUT2D eigenvalue weighted by Crippen LogP contribution is 2.32. The number of rotatable bonds is 1. The van der Waals surface area contributed by atoms with Crippen LogP contribution in [0.15, 0.2) is 0 Å². The Balaban J connectivity index is 2.03. The van der Waals surface area contributed by atoms with Crippen LogP contribution >= 0.6 is 0 Å². The molecule has 3 unspecified atom stereocenters. The molecule has 70 valence electrons. The van der Waals surface area contributed by atoms with E-state index in [0.717, 1.165) is 23.8 Å². The number of nitrogens with zero attached hydrogens (tertiary/aromatic N) is 1. The number of hydrogen-bond acceptors (Lipinski definition) is 2. The summed E-state index contributed by atoms with van der Waals surface area (Å²) in [7, 11) is 2.25. The highest BCUT2D eigenvalue weighted by Gasteiger charge is 2.42. The van der Waals surface area contributed by atoms with Gasteiger partial charge in [-0.2, -0.15) is 0 Å². The van der Waals surface area contributed by atoms with E-state index in [9.17, 15) is 0 Å². The maximum atomic E-state index is 3.65. The van der Waals surface area contributed by atoms with Crippen molar-refractivity contribution in [2.75, 3.05) is 26.7 Å². The minimum absolute atomic E-state index is 0.778. The van der Waals surface area contributed by atoms with Gasteiger partial charge in [0.25, 0.3) is 0 Å². The Morgan fingerprint density at radius 1 is 1.33 bits per heavy atom. The molecule has 1 N–H and O–H groups in total. The fourth-order valence-electron chi connectivity index (χ4n) is 2.91. The molecule has 0 aliphatic carbocycles. The van der Waals surface area contributed by atoms with Crippen molar-refractivity contribution in [3.05, 3.63) is 0 Å². The second-order valence-corrected chi connectivity index (χ2v) is 4.82. The van der Waals surface area contributed by atoms with Gasteiger partial charge >= 0.3 is 0 Å². The van der Waals surface area contributed by atoms with Gasteiger partial charge in [0.1, 0.15) is 0 Å². The van der Waals surface area contributed by atoms with E-state index in [-0.39, 0.29) is 0 Å². The lowest BCUT2D eigenvalue weighted by molar-refractivity contribution is 0.315. The topological polar surface area (TPSA) is 15.3 Å². The molecule has 2 heterocycles. The molecular formula is C10H20N2. The van der Waals surface area contributed by atoms with E-state index < -0.39 is 0 Å². The molecule has 2 saturated heterocycles. The summed E-state index contributed by atoms with van der Waals surface area (Å²) >= 11 is 0. The van der Waals surface area contributed by atoms with Gasteiger partial charge in [-0.1, -0.05) is 13.8 Å². The Hall–Kier alpha value is -0.0800. The normalized spacial score (nSPS) is 42.5. The van der Waals surface area contributed by atoms with Crippen molar-refractivity contribution < 1.29 is 0 Å². The standard InChI is InChI=1S/C10H20N2/c1-7(2)10-9-6-12(3)5-8(9)4-11-10/h7-11H,4-6H2,1-3H3. The Morgan fingerprint density at radius 2 is 2.08 bits per heavy atom. The van der Waals surface area contributed by atoms with Crippen LogP contribution in [0.1, 0.15) is 13.8 Å². The summed E-state index contributed by atoms with van der Waals surface area (Å²) in [5.41, 5.74) is 0. The zero-order valence-electron chi connectivity index (χ0n) is 8.38. The third kappa shape index (κ3) is 1.27. The predicted octanol–water partition coefficient (Wildman–Crippen LogP) is 0.792. The molecule has 0 aromatic carbocycles. The first kappa shape index (κ1) is 8.52. The molecule has 0 bridgehead atoms. The van der Waals surface area contributed by atoms with Gasteiger partial charge in [0.05, 0.1) is 0 Å². The molecule has 12 heavy (non-hydrogen) atoms. The van der Waals surface area contributed by atoms with Gasteiger partial charge < -0.3 is 10.2 Å². The molecule has 2 fully saturated rings. The summed E-state index contributed by atoms with van der Waals surface area (Å²) < 4.78 is 0. The molecule has 2 aliphatic heterocycles. The van der Waals surface area contributed by atoms with Crippen molar-refractivity contribution in [3.63, 3.8) is 0 Å². The molecular weight excluding hydrogens is 148 g/mol. The molecule has 0 aromatic rings. The smallest absolute Gasteiger partial charge is 0.0134 e. The highest BCUT2D eigenvalue weighted by molar-refractivity contribution is 4.97. The largest absolute Gasteiger partial charge is 0.313 e. The molecule has 0 saturated carbocycles. The number of fused-ring (bicyclic) bond motifs is 1. The van der Waals surface area contributed by atoms with Crippen LogP contribution in [0.4, 0.5) is 0 Å². The Morgan fingerprint density at radius 3 is 2.75 bits per heavy atom. The zero-order valence-corrected chi connectivity index (χ0v) is 8.38. The average Bonchev–Trinajstić information content (AvgIpc) is 2.43. The fraction of sp³-hybridized carbons (Fsp3) is 1.00. The van der Waals surface area contributed by atoms with E-state index in [1.165, 1.54) is 19.6 Å². The van der Waals surface area contributed by atoms with Crippen molar-refractivity contribution in [2.24, 2.45) is 17.8 Å². The van der Waals surface area contributed by atoms with Crippen molar-refractivity contribution >= 4 is 0 Å². The lowest BCUT2D eigenvalue weighted by Gasteiger charge is -2.22. The minimum atomic E-state index is 0.778. The van der Waals surface area contributed by atoms with Crippen LogP contribution in [0.5, 0.6) is 0 Å². The summed E-state index contributed by atoms with van der Waals surface area (Å²) in [6, 6.07) is 0.778. The van der Waals surface area contributed by atoms with Gasteiger partial charge in [-0.3, -0.25) is 0 Å². The summed E-state index contributed by atoms with van der Waals surface area (Å²) in [5, 5.41) is 3.65. The van der Waals surface area contributed by atoms with E-state index in [4.69, 9.17) is 0 Å². The lowest BCUT2D eigenvalue weighted by Crippen LogP contribution is -2.35. The van der Waals surface area contributed by atoms with Crippen molar-refractivity contribution in [3.8, 4) is 0 Å². The average molecular weight is 168 g/mol. The van der Waals surface area contributed by atoms with Crippen LogP contribution in [-0.2, 0) is 0 Å². The number of hydrogen-bond donors (Lipinski definition) is 1. The van der Waals surface area contributed by atoms with Gasteiger partial charge in [0, 0.05) is 19.1 Å². The van der Waals surface area contributed by atoms with Crippen molar-refractivity contribution in [1.82, 2.24) is 10.2 Å². The van der Waals surface area contributed by atoms with Gasteiger partial charge in [-0.25, -0.2) is 0 Å². The monoisotopic (exact) mass is 168 g/mol. The molecule has 0 aromatic heterocycles. The highest BCUT2D eigenvalue weighted by atomic mass is 15.2. The molecule has 2 rings (SSSR count). The molecule has 2 heteroatoms. The SMILES string of the molecule is CC(C)C1NCC2CN(C)CC21. The van der Waals surface area contributed by atoms with Gasteiger partial charge in [-0.15, -0.1) is 0 Å². The first-order valence-electron chi connectivity index (χ1n) is 5.10. The summed E-state index contributed by atoms with van der Waals surface area (Å²) in [5.74, 6) is 2.66. The lowest BCUT2D eigenvalue weighted by atomic mass is 9.88. The van der Waals surface area contributed by atoms with Crippen molar-refractivity contribution in [2.45, 2.75) is 19.9 Å². The second kappa shape index (κ2) is 3.00. The van der Waals surface area contributed by atoms with E-state index in [1.54, 1.807) is 0 Å². The predicted molar refractivity (Wildman–Crippen MR) is 51.1 cm³/mol. The van der Waals surface area contributed by atoms with Crippen LogP contribution < -0.4 is 5.32 Å². The quantitative estimate of drug-likeness (QED) is 0.623. The fourth-order valence-corrected chi connectivity index (χ4v) is 2.91. The Labute approximate surface area is 75.3 Å². The van der Waals surface area contributed by atoms with Crippen LogP contribution in [0.25, 0.3) is 0 Å². The zero-order chi connectivity index (χ0) is 8.72. The van der Waals surface area contributed by atoms with Crippen LogP contribution in [0.3, 0.4) is 0 Å². The minimum Gasteiger partial charge on any atom is -0.313 e. The van der Waals surface area contributed by atoms with E-state index in [1.807, 2.05) is 0 Å². The third-order valence-corrected chi connectivity index (χ3v) is 3.47. The Kier molecular flexibility index (Phi) is 2.13. The van der Waals surface area contributed by atoms with Crippen LogP contribution in [-0.4, -0.2) is 37.6 Å². The van der Waals surface area contributed by atoms with Crippen molar-refractivity contribution in [1.29, 1.82) is 0 Å².